The van der Waals surface area contributed by atoms with Gasteiger partial charge in [0.05, 0.1) is 4.90 Å². The van der Waals surface area contributed by atoms with E-state index in [1.165, 1.54) is 24.3 Å². The van der Waals surface area contributed by atoms with Crippen molar-refractivity contribution >= 4 is 26.8 Å². The molecule has 1 fully saturated rings. The number of hydrogen-bond acceptors (Lipinski definition) is 4. The van der Waals surface area contributed by atoms with E-state index in [9.17, 15) is 17.6 Å². The predicted molar refractivity (Wildman–Crippen MR) is 113 cm³/mol. The normalized spacial score (nSPS) is 17.2. The van der Waals surface area contributed by atoms with Gasteiger partial charge >= 0.3 is 6.03 Å². The lowest BCUT2D eigenvalue weighted by Gasteiger charge is -2.17. The first kappa shape index (κ1) is 20.3. The molecular formula is C22H22FN3O3S. The van der Waals surface area contributed by atoms with Crippen LogP contribution in [0.2, 0.25) is 0 Å². The summed E-state index contributed by atoms with van der Waals surface area (Å²) in [4.78, 5) is 14.4. The van der Waals surface area contributed by atoms with Crippen molar-refractivity contribution in [1.82, 2.24) is 14.9 Å². The average molecular weight is 428 g/mol. The zero-order valence-electron chi connectivity index (χ0n) is 16.2. The lowest BCUT2D eigenvalue weighted by molar-refractivity contribution is 0.241. The molecule has 8 heteroatoms. The Hall–Kier alpha value is -2.97. The van der Waals surface area contributed by atoms with E-state index in [2.05, 4.69) is 14.9 Å². The highest BCUT2D eigenvalue weighted by molar-refractivity contribution is 7.90. The van der Waals surface area contributed by atoms with Gasteiger partial charge in [-0.25, -0.2) is 22.3 Å². The number of nitrogens with zero attached hydrogens (tertiary/aromatic N) is 1. The van der Waals surface area contributed by atoms with Crippen LogP contribution in [0.15, 0.2) is 71.6 Å². The van der Waals surface area contributed by atoms with Crippen molar-refractivity contribution < 1.29 is 17.6 Å². The minimum atomic E-state index is -3.89. The number of hydrogen-bond donors (Lipinski definition) is 2. The maximum Gasteiger partial charge on any atom is 0.328 e. The summed E-state index contributed by atoms with van der Waals surface area (Å²) in [5.41, 5.74) is 1.10. The van der Waals surface area contributed by atoms with Crippen LogP contribution in [0.25, 0.3) is 10.8 Å². The summed E-state index contributed by atoms with van der Waals surface area (Å²) in [5.74, 6) is -0.253. The van der Waals surface area contributed by atoms with Crippen LogP contribution >= 0.6 is 0 Å². The molecule has 1 aliphatic heterocycles. The van der Waals surface area contributed by atoms with Crippen LogP contribution in [-0.4, -0.2) is 38.5 Å². The molecule has 1 saturated heterocycles. The summed E-state index contributed by atoms with van der Waals surface area (Å²) in [7, 11) is -3.89. The molecule has 0 saturated carbocycles. The van der Waals surface area contributed by atoms with Crippen molar-refractivity contribution in [3.05, 3.63) is 78.1 Å². The van der Waals surface area contributed by atoms with Gasteiger partial charge in [-0.1, -0.05) is 36.4 Å². The van der Waals surface area contributed by atoms with Gasteiger partial charge in [0.15, 0.2) is 0 Å². The molecule has 0 spiro atoms. The van der Waals surface area contributed by atoms with Crippen LogP contribution in [0, 0.1) is 5.82 Å². The average Bonchev–Trinajstić information content (AvgIpc) is 3.15. The summed E-state index contributed by atoms with van der Waals surface area (Å²) in [6.45, 7) is 2.12. The van der Waals surface area contributed by atoms with Gasteiger partial charge in [-0.3, -0.25) is 4.90 Å². The lowest BCUT2D eigenvalue weighted by Crippen LogP contribution is -2.45. The van der Waals surface area contributed by atoms with Gasteiger partial charge in [-0.15, -0.1) is 0 Å². The van der Waals surface area contributed by atoms with E-state index in [0.717, 1.165) is 29.3 Å². The van der Waals surface area contributed by atoms with E-state index in [1.54, 1.807) is 24.3 Å². The Labute approximate surface area is 174 Å². The third kappa shape index (κ3) is 4.77. The van der Waals surface area contributed by atoms with Crippen molar-refractivity contribution in [3.63, 3.8) is 0 Å². The number of benzene rings is 3. The number of sulfonamides is 1. The van der Waals surface area contributed by atoms with Crippen LogP contribution in [0.5, 0.6) is 0 Å². The monoisotopic (exact) mass is 427 g/mol. The van der Waals surface area contributed by atoms with Crippen molar-refractivity contribution in [2.75, 3.05) is 13.1 Å². The smallest absolute Gasteiger partial charge is 0.328 e. The van der Waals surface area contributed by atoms with E-state index in [4.69, 9.17) is 0 Å². The Morgan fingerprint density at radius 1 is 1.03 bits per heavy atom. The molecule has 156 valence electrons. The van der Waals surface area contributed by atoms with Crippen molar-refractivity contribution in [1.29, 1.82) is 0 Å². The van der Waals surface area contributed by atoms with Gasteiger partial charge in [0.2, 0.25) is 0 Å². The van der Waals surface area contributed by atoms with Crippen molar-refractivity contribution in [2.45, 2.75) is 23.9 Å². The number of rotatable bonds is 5. The van der Waals surface area contributed by atoms with Gasteiger partial charge in [0.25, 0.3) is 10.0 Å². The van der Waals surface area contributed by atoms with Crippen LogP contribution in [0.4, 0.5) is 9.18 Å². The molecule has 2 N–H and O–H groups in total. The molecule has 1 atom stereocenters. The summed E-state index contributed by atoms with van der Waals surface area (Å²) < 4.78 is 39.9. The first-order valence-electron chi connectivity index (χ1n) is 9.68. The molecule has 6 nitrogen and oxygen atoms in total. The van der Waals surface area contributed by atoms with Crippen LogP contribution in [0.1, 0.15) is 12.0 Å². The molecule has 0 bridgehead atoms. The Morgan fingerprint density at radius 3 is 2.57 bits per heavy atom. The molecule has 0 aliphatic carbocycles. The fraction of sp³-hybridized carbons (Fsp3) is 0.227. The molecule has 3 aromatic rings. The van der Waals surface area contributed by atoms with Gasteiger partial charge in [-0.2, -0.15) is 0 Å². The molecule has 0 radical (unpaired) electrons. The maximum absolute atomic E-state index is 13.3. The van der Waals surface area contributed by atoms with Gasteiger partial charge in [0, 0.05) is 25.7 Å². The fourth-order valence-corrected chi connectivity index (χ4v) is 4.65. The van der Waals surface area contributed by atoms with Crippen molar-refractivity contribution in [3.8, 4) is 0 Å². The van der Waals surface area contributed by atoms with E-state index in [0.29, 0.717) is 13.1 Å². The number of carbonyl (C=O) groups excluding carboxylic acids is 1. The first-order chi connectivity index (χ1) is 14.4. The number of urea groups is 1. The summed E-state index contributed by atoms with van der Waals surface area (Å²) >= 11 is 0. The topological polar surface area (TPSA) is 78.5 Å². The highest BCUT2D eigenvalue weighted by atomic mass is 32.2. The van der Waals surface area contributed by atoms with E-state index >= 15 is 0 Å². The van der Waals surface area contributed by atoms with Crippen LogP contribution < -0.4 is 10.0 Å². The number of halogens is 1. The summed E-state index contributed by atoms with van der Waals surface area (Å²) in [6, 6.07) is 17.6. The Bertz CT molecular complexity index is 1170. The molecule has 0 unspecified atom stereocenters. The first-order valence-corrected chi connectivity index (χ1v) is 11.2. The second-order valence-electron chi connectivity index (χ2n) is 7.44. The third-order valence-corrected chi connectivity index (χ3v) is 6.51. The van der Waals surface area contributed by atoms with E-state index in [-0.39, 0.29) is 16.8 Å². The highest BCUT2D eigenvalue weighted by Crippen LogP contribution is 2.20. The molecule has 30 heavy (non-hydrogen) atoms. The third-order valence-electron chi connectivity index (χ3n) is 5.16. The molecule has 1 heterocycles. The SMILES string of the molecule is O=C(N[C@@H]1CCN(Cc2ccc3cc(F)ccc3c2)C1)NS(=O)(=O)c1ccccc1. The maximum atomic E-state index is 13.3. The quantitative estimate of drug-likeness (QED) is 0.655. The van der Waals surface area contributed by atoms with Gasteiger partial charge in [0.1, 0.15) is 5.82 Å². The lowest BCUT2D eigenvalue weighted by atomic mass is 10.1. The molecule has 1 aliphatic rings. The number of amides is 2. The molecule has 4 rings (SSSR count). The largest absolute Gasteiger partial charge is 0.333 e. The molecular weight excluding hydrogens is 405 g/mol. The highest BCUT2D eigenvalue weighted by Gasteiger charge is 2.25. The zero-order chi connectivity index (χ0) is 21.1. The van der Waals surface area contributed by atoms with E-state index < -0.39 is 16.1 Å². The number of nitrogens with one attached hydrogen (secondary N) is 2. The molecule has 2 amide bonds. The standard InChI is InChI=1S/C22H22FN3O3S/c23-19-9-8-17-12-16(6-7-18(17)13-19)14-26-11-10-20(15-26)24-22(27)25-30(28,29)21-4-2-1-3-5-21/h1-9,12-13,20H,10-11,14-15H2,(H2,24,25,27)/t20-/m1/s1. The zero-order valence-corrected chi connectivity index (χ0v) is 17.0. The number of likely N-dealkylation sites (tertiary alicyclic amines) is 1. The van der Waals surface area contributed by atoms with Crippen LogP contribution in [-0.2, 0) is 16.6 Å². The minimum absolute atomic E-state index is 0.0457. The number of fused-ring (bicyclic) bond motifs is 1. The summed E-state index contributed by atoms with van der Waals surface area (Å²) in [5, 5.41) is 4.58. The summed E-state index contributed by atoms with van der Waals surface area (Å²) in [6.07, 6.45) is 0.734. The predicted octanol–water partition coefficient (Wildman–Crippen LogP) is 3.24. The Balaban J connectivity index is 1.32. The molecule has 0 aromatic heterocycles. The van der Waals surface area contributed by atoms with Crippen LogP contribution in [0.3, 0.4) is 0 Å². The van der Waals surface area contributed by atoms with E-state index in [1.807, 2.05) is 18.2 Å². The second-order valence-corrected chi connectivity index (χ2v) is 9.12. The Morgan fingerprint density at radius 2 is 1.77 bits per heavy atom. The second kappa shape index (κ2) is 8.41. The fourth-order valence-electron chi connectivity index (χ4n) is 3.71. The number of carbonyl (C=O) groups is 1. The Kier molecular flexibility index (Phi) is 5.69. The minimum Gasteiger partial charge on any atom is -0.333 e. The van der Waals surface area contributed by atoms with Crippen molar-refractivity contribution in [2.24, 2.45) is 0 Å². The molecule has 3 aromatic carbocycles. The van der Waals surface area contributed by atoms with Gasteiger partial charge < -0.3 is 5.32 Å². The van der Waals surface area contributed by atoms with Gasteiger partial charge in [-0.05, 0) is 53.1 Å².